The van der Waals surface area contributed by atoms with Crippen molar-refractivity contribution in [1.82, 2.24) is 9.80 Å². The number of nitrogens with zero attached hydrogens (tertiary/aromatic N) is 2. The molecule has 5 nitrogen and oxygen atoms in total. The van der Waals surface area contributed by atoms with Crippen LogP contribution in [-0.2, 0) is 16.1 Å². The number of nitrogens with two attached hydrogens (primary N) is 1. The summed E-state index contributed by atoms with van der Waals surface area (Å²) in [4.78, 5) is 28.2. The molecule has 2 aromatic rings. The van der Waals surface area contributed by atoms with Gasteiger partial charge in [0.15, 0.2) is 0 Å². The number of likely N-dealkylation sites (tertiary alicyclic amines) is 1. The van der Waals surface area contributed by atoms with Crippen molar-refractivity contribution in [2.75, 3.05) is 19.6 Å². The van der Waals surface area contributed by atoms with Crippen molar-refractivity contribution >= 4 is 11.8 Å². The van der Waals surface area contributed by atoms with Crippen LogP contribution >= 0.6 is 0 Å². The van der Waals surface area contributed by atoms with Crippen molar-refractivity contribution in [3.63, 3.8) is 0 Å². The summed E-state index contributed by atoms with van der Waals surface area (Å²) in [6.45, 7) is 3.70. The lowest BCUT2D eigenvalue weighted by Gasteiger charge is -2.23. The van der Waals surface area contributed by atoms with Crippen molar-refractivity contribution < 1.29 is 9.59 Å². The Balaban J connectivity index is 1.56. The van der Waals surface area contributed by atoms with E-state index in [2.05, 4.69) is 12.1 Å². The van der Waals surface area contributed by atoms with E-state index < -0.39 is 0 Å². The Labute approximate surface area is 160 Å². The van der Waals surface area contributed by atoms with E-state index in [1.54, 1.807) is 11.8 Å². The first-order chi connectivity index (χ1) is 13.0. The van der Waals surface area contributed by atoms with E-state index in [1.165, 1.54) is 5.56 Å². The first-order valence-electron chi connectivity index (χ1n) is 9.42. The number of rotatable bonds is 6. The fraction of sp³-hybridized carbons (Fsp3) is 0.364. The van der Waals surface area contributed by atoms with Crippen LogP contribution < -0.4 is 5.73 Å². The summed E-state index contributed by atoms with van der Waals surface area (Å²) >= 11 is 0. The van der Waals surface area contributed by atoms with E-state index in [1.807, 2.05) is 53.4 Å². The molecule has 1 heterocycles. The predicted molar refractivity (Wildman–Crippen MR) is 106 cm³/mol. The molecule has 0 bridgehead atoms. The van der Waals surface area contributed by atoms with Gasteiger partial charge in [-0.15, -0.1) is 0 Å². The Morgan fingerprint density at radius 1 is 1.04 bits per heavy atom. The summed E-state index contributed by atoms with van der Waals surface area (Å²) in [6.07, 6.45) is 0.320. The van der Waals surface area contributed by atoms with Crippen molar-refractivity contribution in [3.05, 3.63) is 71.8 Å². The highest BCUT2D eigenvalue weighted by Gasteiger charge is 2.33. The minimum Gasteiger partial charge on any atom is -0.340 e. The molecule has 5 heteroatoms. The number of hydrogen-bond donors (Lipinski definition) is 1. The molecule has 1 aliphatic rings. The Bertz CT molecular complexity index is 764. The Hall–Kier alpha value is -2.66. The zero-order valence-corrected chi connectivity index (χ0v) is 15.8. The lowest BCUT2D eigenvalue weighted by molar-refractivity contribution is -0.133. The minimum atomic E-state index is -0.0513. The number of carbonyl (C=O) groups excluding carboxylic acids is 2. The van der Waals surface area contributed by atoms with Crippen LogP contribution in [0.4, 0.5) is 0 Å². The zero-order chi connectivity index (χ0) is 19.2. The molecule has 0 aromatic heterocycles. The minimum absolute atomic E-state index is 0.0214. The highest BCUT2D eigenvalue weighted by Crippen LogP contribution is 2.26. The van der Waals surface area contributed by atoms with Crippen molar-refractivity contribution in [2.45, 2.75) is 31.8 Å². The Kier molecular flexibility index (Phi) is 6.24. The molecular weight excluding hydrogens is 338 g/mol. The van der Waals surface area contributed by atoms with E-state index in [4.69, 9.17) is 5.73 Å². The highest BCUT2D eigenvalue weighted by atomic mass is 16.2. The van der Waals surface area contributed by atoms with E-state index >= 15 is 0 Å². The highest BCUT2D eigenvalue weighted by molar-refractivity contribution is 5.78. The van der Waals surface area contributed by atoms with Gasteiger partial charge in [0.2, 0.25) is 11.8 Å². The van der Waals surface area contributed by atoms with Gasteiger partial charge < -0.3 is 15.5 Å². The number of benzene rings is 2. The van der Waals surface area contributed by atoms with Crippen LogP contribution in [0.2, 0.25) is 0 Å². The summed E-state index contributed by atoms with van der Waals surface area (Å²) in [5.74, 6) is 0.207. The predicted octanol–water partition coefficient (Wildman–Crippen LogP) is 2.38. The van der Waals surface area contributed by atoms with Crippen LogP contribution in [0.5, 0.6) is 0 Å². The largest absolute Gasteiger partial charge is 0.340 e. The second kappa shape index (κ2) is 8.82. The van der Waals surface area contributed by atoms with Gasteiger partial charge in [-0.1, -0.05) is 60.7 Å². The molecule has 2 N–H and O–H groups in total. The topological polar surface area (TPSA) is 66.6 Å². The number of amides is 2. The van der Waals surface area contributed by atoms with E-state index in [-0.39, 0.29) is 23.8 Å². The van der Waals surface area contributed by atoms with Gasteiger partial charge in [0.1, 0.15) is 0 Å². The molecule has 2 aromatic carbocycles. The molecule has 0 radical (unpaired) electrons. The normalized spacial score (nSPS) is 19.1. The third-order valence-corrected chi connectivity index (χ3v) is 5.20. The third-order valence-electron chi connectivity index (χ3n) is 5.20. The lowest BCUT2D eigenvalue weighted by Crippen LogP contribution is -2.36. The lowest BCUT2D eigenvalue weighted by atomic mass is 9.95. The maximum Gasteiger partial charge on any atom is 0.224 e. The fourth-order valence-corrected chi connectivity index (χ4v) is 3.63. The first-order valence-corrected chi connectivity index (χ1v) is 9.42. The molecule has 0 aliphatic carbocycles. The van der Waals surface area contributed by atoms with Crippen LogP contribution in [0.25, 0.3) is 0 Å². The molecule has 1 fully saturated rings. The summed E-state index contributed by atoms with van der Waals surface area (Å²) in [5.41, 5.74) is 8.53. The average molecular weight is 365 g/mol. The zero-order valence-electron chi connectivity index (χ0n) is 15.8. The summed E-state index contributed by atoms with van der Waals surface area (Å²) in [5, 5.41) is 0. The van der Waals surface area contributed by atoms with Gasteiger partial charge >= 0.3 is 0 Å². The van der Waals surface area contributed by atoms with E-state index in [9.17, 15) is 9.59 Å². The van der Waals surface area contributed by atoms with Gasteiger partial charge in [-0.3, -0.25) is 9.59 Å². The summed E-state index contributed by atoms with van der Waals surface area (Å²) in [7, 11) is 0. The second-order valence-corrected chi connectivity index (χ2v) is 7.16. The Morgan fingerprint density at radius 2 is 1.67 bits per heavy atom. The van der Waals surface area contributed by atoms with Gasteiger partial charge in [-0.05, 0) is 11.1 Å². The van der Waals surface area contributed by atoms with E-state index in [0.29, 0.717) is 32.6 Å². The molecule has 0 saturated carbocycles. The smallest absolute Gasteiger partial charge is 0.224 e. The van der Waals surface area contributed by atoms with Gasteiger partial charge in [-0.25, -0.2) is 0 Å². The molecule has 142 valence electrons. The molecule has 0 spiro atoms. The Morgan fingerprint density at radius 3 is 2.30 bits per heavy atom. The summed E-state index contributed by atoms with van der Waals surface area (Å²) < 4.78 is 0. The molecule has 1 saturated heterocycles. The van der Waals surface area contributed by atoms with Gasteiger partial charge in [0.05, 0.1) is 0 Å². The number of carbonyl (C=O) groups is 2. The van der Waals surface area contributed by atoms with Gasteiger partial charge in [0, 0.05) is 51.5 Å². The molecule has 2 atom stereocenters. The van der Waals surface area contributed by atoms with Crippen LogP contribution in [-0.4, -0.2) is 47.3 Å². The second-order valence-electron chi connectivity index (χ2n) is 7.16. The maximum atomic E-state index is 12.7. The van der Waals surface area contributed by atoms with Gasteiger partial charge in [0.25, 0.3) is 0 Å². The van der Waals surface area contributed by atoms with Crippen LogP contribution in [0.1, 0.15) is 30.4 Å². The average Bonchev–Trinajstić information content (AvgIpc) is 3.08. The van der Waals surface area contributed by atoms with Crippen molar-refractivity contribution in [1.29, 1.82) is 0 Å². The third kappa shape index (κ3) is 4.95. The maximum absolute atomic E-state index is 12.7. The number of hydrogen-bond acceptors (Lipinski definition) is 3. The molecule has 1 aliphatic heterocycles. The molecule has 2 amide bonds. The van der Waals surface area contributed by atoms with Crippen molar-refractivity contribution in [3.8, 4) is 0 Å². The van der Waals surface area contributed by atoms with E-state index in [0.717, 1.165) is 5.56 Å². The van der Waals surface area contributed by atoms with Crippen LogP contribution in [0.3, 0.4) is 0 Å². The van der Waals surface area contributed by atoms with Crippen molar-refractivity contribution in [2.24, 2.45) is 5.73 Å². The molecular formula is C22H27N3O2. The molecule has 27 heavy (non-hydrogen) atoms. The fourth-order valence-electron chi connectivity index (χ4n) is 3.63. The first kappa shape index (κ1) is 19.1. The van der Waals surface area contributed by atoms with Gasteiger partial charge in [-0.2, -0.15) is 0 Å². The standard InChI is InChI=1S/C22H27N3O2/c1-17(26)24(14-18-8-4-2-5-9-18)13-12-22(27)25-15-20(21(23)16-25)19-10-6-3-7-11-19/h2-11,20-21H,12-16,23H2,1H3/t20-,21+/m0/s1. The molecule has 3 rings (SSSR count). The SMILES string of the molecule is CC(=O)N(CCC(=O)N1C[C@@H](N)[C@H](c2ccccc2)C1)Cc1ccccc1. The molecule has 0 unspecified atom stereocenters. The monoisotopic (exact) mass is 365 g/mol. The van der Waals surface area contributed by atoms with Crippen LogP contribution in [0.15, 0.2) is 60.7 Å². The summed E-state index contributed by atoms with van der Waals surface area (Å²) in [6, 6.07) is 19.9. The quantitative estimate of drug-likeness (QED) is 0.855. The van der Waals surface area contributed by atoms with Crippen LogP contribution in [0, 0.1) is 0 Å².